The smallest absolute Gasteiger partial charge is 0.354 e. The summed E-state index contributed by atoms with van der Waals surface area (Å²) in [5, 5.41) is 11.4. The van der Waals surface area contributed by atoms with Gasteiger partial charge in [-0.1, -0.05) is 17.7 Å². The van der Waals surface area contributed by atoms with Gasteiger partial charge in [0.25, 0.3) is 0 Å². The number of carbonyl (C=O) groups is 1. The van der Waals surface area contributed by atoms with Gasteiger partial charge < -0.3 is 28.8 Å². The highest BCUT2D eigenvalue weighted by Crippen LogP contribution is 2.43. The summed E-state index contributed by atoms with van der Waals surface area (Å²) in [5.74, 6) is -0.0109. The number of esters is 1. The Morgan fingerprint density at radius 3 is 2.76 bits per heavy atom. The molecule has 0 bridgehead atoms. The molecule has 6 rings (SSSR count). The van der Waals surface area contributed by atoms with Crippen molar-refractivity contribution in [2.45, 2.75) is 46.5 Å². The summed E-state index contributed by atoms with van der Waals surface area (Å²) >= 11 is 7.02. The van der Waals surface area contributed by atoms with Crippen LogP contribution in [0.15, 0.2) is 42.5 Å². The van der Waals surface area contributed by atoms with Crippen LogP contribution in [0.1, 0.15) is 39.4 Å². The topological polar surface area (TPSA) is 88.8 Å². The third kappa shape index (κ3) is 6.10. The first kappa shape index (κ1) is 32.0. The van der Waals surface area contributed by atoms with Crippen molar-refractivity contribution in [2.24, 2.45) is 0 Å². The van der Waals surface area contributed by atoms with Crippen LogP contribution in [0, 0.1) is 19.7 Å². The van der Waals surface area contributed by atoms with E-state index in [1.54, 1.807) is 13.2 Å². The van der Waals surface area contributed by atoms with Crippen molar-refractivity contribution in [3.63, 3.8) is 0 Å². The second-order valence-corrected chi connectivity index (χ2v) is 11.9. The molecule has 0 saturated heterocycles. The minimum atomic E-state index is -0.426. The first-order valence-electron chi connectivity index (χ1n) is 15.4. The van der Waals surface area contributed by atoms with Gasteiger partial charge in [-0.25, -0.2) is 9.18 Å². The molecule has 0 aliphatic carbocycles. The number of benzene rings is 3. The number of hydrogen-bond donors (Lipinski definition) is 1. The largest absolute Gasteiger partial charge is 0.493 e. The lowest BCUT2D eigenvalue weighted by Crippen LogP contribution is -2.19. The van der Waals surface area contributed by atoms with Crippen LogP contribution in [-0.4, -0.2) is 60.9 Å². The van der Waals surface area contributed by atoms with Crippen LogP contribution in [0.4, 0.5) is 4.39 Å². The summed E-state index contributed by atoms with van der Waals surface area (Å²) in [4.78, 5) is 13.3. The van der Waals surface area contributed by atoms with E-state index in [0.717, 1.165) is 55.3 Å². The molecule has 46 heavy (non-hydrogen) atoms. The third-order valence-corrected chi connectivity index (χ3v) is 8.76. The average Bonchev–Trinajstić information content (AvgIpc) is 3.55. The van der Waals surface area contributed by atoms with Gasteiger partial charge in [0, 0.05) is 59.2 Å². The Balaban J connectivity index is 1.37. The molecule has 5 aromatic rings. The van der Waals surface area contributed by atoms with E-state index in [4.69, 9.17) is 35.6 Å². The van der Waals surface area contributed by atoms with E-state index in [2.05, 4.69) is 5.32 Å². The molecule has 3 heterocycles. The standard InChI is InChI=1S/C35H38ClFN4O5/c1-21-16-23-18-24(37)6-7-25(23)30(17-21)46-13-5-11-40-28-9-8-26(36)32(31(28)22(2)34(40)35(42)44-4)33-27(19-38-10-14-43-3)39-41-12-15-45-20-29(33)41/h6-9,16-18,38H,5,10-15,19-20H2,1-4H3. The summed E-state index contributed by atoms with van der Waals surface area (Å²) < 4.78 is 40.4. The van der Waals surface area contributed by atoms with Gasteiger partial charge in [-0.15, -0.1) is 0 Å². The van der Waals surface area contributed by atoms with Crippen molar-refractivity contribution in [1.82, 2.24) is 19.7 Å². The van der Waals surface area contributed by atoms with Crippen molar-refractivity contribution >= 4 is 39.2 Å². The third-order valence-electron chi connectivity index (χ3n) is 8.45. The number of rotatable bonds is 12. The average molecular weight is 649 g/mol. The van der Waals surface area contributed by atoms with Crippen LogP contribution in [0.5, 0.6) is 5.75 Å². The Morgan fingerprint density at radius 2 is 1.96 bits per heavy atom. The molecular formula is C35H38ClFN4O5. The minimum Gasteiger partial charge on any atom is -0.493 e. The maximum absolute atomic E-state index is 13.9. The van der Waals surface area contributed by atoms with Crippen LogP contribution in [0.3, 0.4) is 0 Å². The zero-order chi connectivity index (χ0) is 32.4. The van der Waals surface area contributed by atoms with Crippen molar-refractivity contribution in [3.8, 4) is 16.9 Å². The van der Waals surface area contributed by atoms with Gasteiger partial charge >= 0.3 is 5.97 Å². The molecule has 242 valence electrons. The molecule has 0 fully saturated rings. The molecule has 3 aromatic carbocycles. The summed E-state index contributed by atoms with van der Waals surface area (Å²) in [6.45, 7) is 8.19. The predicted molar refractivity (Wildman–Crippen MR) is 176 cm³/mol. The maximum atomic E-state index is 13.9. The van der Waals surface area contributed by atoms with E-state index in [9.17, 15) is 9.18 Å². The Kier molecular flexibility index (Phi) is 9.60. The van der Waals surface area contributed by atoms with Crippen LogP contribution in [0.2, 0.25) is 5.02 Å². The lowest BCUT2D eigenvalue weighted by Gasteiger charge is -2.17. The molecule has 0 amide bonds. The van der Waals surface area contributed by atoms with Crippen LogP contribution >= 0.6 is 11.6 Å². The highest BCUT2D eigenvalue weighted by Gasteiger charge is 2.29. The molecule has 0 saturated carbocycles. The number of nitrogens with one attached hydrogen (secondary N) is 1. The summed E-state index contributed by atoms with van der Waals surface area (Å²) in [6, 6.07) is 12.4. The number of aryl methyl sites for hydroxylation is 3. The monoisotopic (exact) mass is 648 g/mol. The van der Waals surface area contributed by atoms with Crippen molar-refractivity contribution in [3.05, 3.63) is 81.5 Å². The second kappa shape index (κ2) is 13.8. The van der Waals surface area contributed by atoms with Gasteiger partial charge in [0.15, 0.2) is 0 Å². The molecule has 1 aliphatic rings. The molecule has 1 aliphatic heterocycles. The molecule has 2 aromatic heterocycles. The Labute approximate surface area is 272 Å². The lowest BCUT2D eigenvalue weighted by molar-refractivity contribution is 0.0587. The highest BCUT2D eigenvalue weighted by molar-refractivity contribution is 6.35. The minimum absolute atomic E-state index is 0.285. The molecule has 1 N–H and O–H groups in total. The fourth-order valence-electron chi connectivity index (χ4n) is 6.42. The zero-order valence-corrected chi connectivity index (χ0v) is 27.3. The van der Waals surface area contributed by atoms with Gasteiger partial charge in [-0.05, 0) is 73.2 Å². The number of fused-ring (bicyclic) bond motifs is 3. The Morgan fingerprint density at radius 1 is 1.11 bits per heavy atom. The molecule has 9 nitrogen and oxygen atoms in total. The van der Waals surface area contributed by atoms with Gasteiger partial charge in [0.05, 0.1) is 51.5 Å². The van der Waals surface area contributed by atoms with E-state index in [1.807, 2.05) is 47.4 Å². The van der Waals surface area contributed by atoms with E-state index < -0.39 is 5.97 Å². The number of methoxy groups -OCH3 is 2. The first-order valence-corrected chi connectivity index (χ1v) is 15.8. The Hall–Kier alpha value is -3.96. The maximum Gasteiger partial charge on any atom is 0.354 e. The quantitative estimate of drug-likeness (QED) is 0.121. The molecule has 0 radical (unpaired) electrons. The number of carbonyl (C=O) groups excluding carboxylic acids is 1. The predicted octanol–water partition coefficient (Wildman–Crippen LogP) is 6.59. The van der Waals surface area contributed by atoms with Crippen LogP contribution in [-0.2, 0) is 40.5 Å². The molecular weight excluding hydrogens is 611 g/mol. The van der Waals surface area contributed by atoms with E-state index >= 15 is 0 Å². The van der Waals surface area contributed by atoms with Gasteiger partial charge in [0.1, 0.15) is 17.3 Å². The van der Waals surface area contributed by atoms with E-state index in [0.29, 0.717) is 75.5 Å². The number of aromatic nitrogens is 3. The van der Waals surface area contributed by atoms with Crippen LogP contribution < -0.4 is 10.1 Å². The number of halogens is 2. The number of ether oxygens (including phenoxy) is 4. The van der Waals surface area contributed by atoms with E-state index in [1.165, 1.54) is 19.2 Å². The first-order chi connectivity index (χ1) is 22.3. The zero-order valence-electron chi connectivity index (χ0n) is 26.5. The molecule has 0 atom stereocenters. The normalized spacial score (nSPS) is 13.0. The molecule has 0 spiro atoms. The van der Waals surface area contributed by atoms with Gasteiger partial charge in [-0.2, -0.15) is 5.10 Å². The summed E-state index contributed by atoms with van der Waals surface area (Å²) in [6.07, 6.45) is 0.605. The number of hydrogen-bond acceptors (Lipinski definition) is 7. The SMILES string of the molecule is COCCNCc1nn2c(c1-c1c(Cl)ccc3c1c(C)c(C(=O)OC)n3CCCOc1cc(C)cc3cc(F)ccc13)COCC2. The fourth-order valence-corrected chi connectivity index (χ4v) is 6.67. The fraction of sp³-hybridized carbons (Fsp3) is 0.371. The Bertz CT molecular complexity index is 1910. The highest BCUT2D eigenvalue weighted by atomic mass is 35.5. The summed E-state index contributed by atoms with van der Waals surface area (Å²) in [7, 11) is 3.06. The van der Waals surface area contributed by atoms with Crippen LogP contribution in [0.25, 0.3) is 32.8 Å². The lowest BCUT2D eigenvalue weighted by atomic mass is 9.96. The molecule has 11 heteroatoms. The molecule has 0 unspecified atom stereocenters. The van der Waals surface area contributed by atoms with Crippen molar-refractivity contribution in [2.75, 3.05) is 40.6 Å². The second-order valence-electron chi connectivity index (χ2n) is 11.5. The van der Waals surface area contributed by atoms with Crippen molar-refractivity contribution in [1.29, 1.82) is 0 Å². The van der Waals surface area contributed by atoms with Crippen molar-refractivity contribution < 1.29 is 28.1 Å². The summed E-state index contributed by atoms with van der Waals surface area (Å²) in [5.41, 5.74) is 6.65. The number of nitrogens with zero attached hydrogens (tertiary/aromatic N) is 3. The van der Waals surface area contributed by atoms with Gasteiger partial charge in [-0.3, -0.25) is 4.68 Å². The van der Waals surface area contributed by atoms with Gasteiger partial charge in [0.2, 0.25) is 0 Å². The van der Waals surface area contributed by atoms with E-state index in [-0.39, 0.29) is 5.82 Å².